The van der Waals surface area contributed by atoms with Crippen molar-refractivity contribution in [2.45, 2.75) is 26.2 Å². The molecule has 2 heterocycles. The van der Waals surface area contributed by atoms with Crippen molar-refractivity contribution in [2.24, 2.45) is 5.92 Å². The summed E-state index contributed by atoms with van der Waals surface area (Å²) in [6.45, 7) is 1.97. The maximum Gasteiger partial charge on any atom is 0.309 e. The number of rotatable bonds is 8. The maximum absolute atomic E-state index is 12.5. The molecule has 6 nitrogen and oxygen atoms in total. The average molecular weight is 351 g/mol. The quantitative estimate of drug-likeness (QED) is 0.535. The molecule has 1 unspecified atom stereocenters. The minimum Gasteiger partial charge on any atom is -0.491 e. The molecule has 0 N–H and O–H groups in total. The van der Waals surface area contributed by atoms with Crippen molar-refractivity contribution >= 4 is 33.3 Å². The van der Waals surface area contributed by atoms with Gasteiger partial charge in [-0.1, -0.05) is 13.3 Å². The molecule has 0 amide bonds. The van der Waals surface area contributed by atoms with Crippen LogP contribution in [0.25, 0.3) is 10.2 Å². The van der Waals surface area contributed by atoms with Crippen LogP contribution in [-0.2, 0) is 9.53 Å². The summed E-state index contributed by atoms with van der Waals surface area (Å²) in [6.07, 6.45) is 1.58. The number of esters is 1. The maximum atomic E-state index is 12.5. The molecule has 2 aromatic rings. The van der Waals surface area contributed by atoms with Crippen LogP contribution in [0, 0.1) is 5.92 Å². The molecule has 0 saturated heterocycles. The fraction of sp³-hybridized carbons (Fsp3) is 0.471. The number of carbonyl (C=O) groups excluding carboxylic acids is 2. The highest BCUT2D eigenvalue weighted by Gasteiger charge is 2.24. The highest BCUT2D eigenvalue weighted by Crippen LogP contribution is 2.34. The first-order chi connectivity index (χ1) is 11.5. The van der Waals surface area contributed by atoms with Gasteiger partial charge in [0.05, 0.1) is 42.3 Å². The number of thiophene rings is 1. The summed E-state index contributed by atoms with van der Waals surface area (Å²) >= 11 is 1.33. The Bertz CT molecular complexity index is 699. The molecule has 0 radical (unpaired) electrons. The summed E-state index contributed by atoms with van der Waals surface area (Å²) < 4.78 is 16.0. The van der Waals surface area contributed by atoms with E-state index in [2.05, 4.69) is 4.98 Å². The SMILES string of the molecule is CCCC(CC(=O)c1cc2nc(OC)c(OC)cc2s1)C(=O)OC. The van der Waals surface area contributed by atoms with E-state index in [0.29, 0.717) is 28.4 Å². The molecule has 0 aliphatic carbocycles. The molecule has 24 heavy (non-hydrogen) atoms. The second-order valence-electron chi connectivity index (χ2n) is 5.33. The predicted molar refractivity (Wildman–Crippen MR) is 92.1 cm³/mol. The van der Waals surface area contributed by atoms with Gasteiger partial charge in [0.25, 0.3) is 5.88 Å². The number of ketones is 1. The molecule has 7 heteroatoms. The highest BCUT2D eigenvalue weighted by molar-refractivity contribution is 7.20. The monoisotopic (exact) mass is 351 g/mol. The van der Waals surface area contributed by atoms with Gasteiger partial charge in [-0.15, -0.1) is 11.3 Å². The number of carbonyl (C=O) groups is 2. The third-order valence-electron chi connectivity index (χ3n) is 3.73. The smallest absolute Gasteiger partial charge is 0.309 e. The Morgan fingerprint density at radius 3 is 2.54 bits per heavy atom. The minimum atomic E-state index is -0.408. The van der Waals surface area contributed by atoms with Gasteiger partial charge >= 0.3 is 5.97 Å². The number of ether oxygens (including phenoxy) is 3. The lowest BCUT2D eigenvalue weighted by atomic mass is 9.97. The van der Waals surface area contributed by atoms with Crippen molar-refractivity contribution in [3.05, 3.63) is 17.0 Å². The summed E-state index contributed by atoms with van der Waals surface area (Å²) in [5, 5.41) is 0. The third-order valence-corrected chi connectivity index (χ3v) is 4.84. The Labute approximate surface area is 144 Å². The Morgan fingerprint density at radius 1 is 1.21 bits per heavy atom. The van der Waals surface area contributed by atoms with Crippen LogP contribution < -0.4 is 9.47 Å². The summed E-state index contributed by atoms with van der Waals surface area (Å²) in [7, 11) is 4.40. The Hall–Kier alpha value is -2.15. The van der Waals surface area contributed by atoms with Gasteiger partial charge in [0, 0.05) is 12.5 Å². The third kappa shape index (κ3) is 3.84. The molecule has 0 saturated carbocycles. The zero-order valence-corrected chi connectivity index (χ0v) is 15.1. The van der Waals surface area contributed by atoms with Crippen LogP contribution in [0.3, 0.4) is 0 Å². The number of hydrogen-bond acceptors (Lipinski definition) is 7. The fourth-order valence-corrected chi connectivity index (χ4v) is 3.48. The van der Waals surface area contributed by atoms with Crippen LogP contribution in [0.5, 0.6) is 11.6 Å². The van der Waals surface area contributed by atoms with Gasteiger partial charge in [0.1, 0.15) is 0 Å². The first-order valence-electron chi connectivity index (χ1n) is 7.67. The van der Waals surface area contributed by atoms with Crippen LogP contribution in [0.15, 0.2) is 12.1 Å². The molecule has 1 atom stereocenters. The standard InChI is InChI=1S/C17H21NO5S/c1-5-6-10(17(20)23-4)7-12(19)15-8-11-14(24-15)9-13(21-2)16(18-11)22-3/h8-10H,5-7H2,1-4H3. The zero-order chi connectivity index (χ0) is 17.7. The molecule has 0 spiro atoms. The second-order valence-corrected chi connectivity index (χ2v) is 6.41. The summed E-state index contributed by atoms with van der Waals surface area (Å²) in [4.78, 5) is 29.3. The molecule has 0 bridgehead atoms. The Morgan fingerprint density at radius 2 is 1.96 bits per heavy atom. The summed E-state index contributed by atoms with van der Waals surface area (Å²) in [5.74, 6) is 0.0618. The van der Waals surface area contributed by atoms with Crippen LogP contribution in [0.4, 0.5) is 0 Å². The van der Waals surface area contributed by atoms with Gasteiger partial charge in [-0.2, -0.15) is 0 Å². The van der Waals surface area contributed by atoms with E-state index in [1.54, 1.807) is 12.1 Å². The largest absolute Gasteiger partial charge is 0.491 e. The molecular weight excluding hydrogens is 330 g/mol. The van der Waals surface area contributed by atoms with E-state index in [4.69, 9.17) is 14.2 Å². The van der Waals surface area contributed by atoms with E-state index >= 15 is 0 Å². The average Bonchev–Trinajstić information content (AvgIpc) is 3.02. The van der Waals surface area contributed by atoms with Crippen molar-refractivity contribution in [3.63, 3.8) is 0 Å². The van der Waals surface area contributed by atoms with Crippen LogP contribution in [0.2, 0.25) is 0 Å². The summed E-state index contributed by atoms with van der Waals surface area (Å²) in [6, 6.07) is 3.52. The van der Waals surface area contributed by atoms with E-state index < -0.39 is 5.92 Å². The second kappa shape index (κ2) is 8.10. The van der Waals surface area contributed by atoms with Crippen molar-refractivity contribution in [1.82, 2.24) is 4.98 Å². The first kappa shape index (κ1) is 18.2. The van der Waals surface area contributed by atoms with E-state index in [9.17, 15) is 9.59 Å². The number of Topliss-reactive ketones (excluding diaryl/α,β-unsaturated/α-hetero) is 1. The molecule has 0 fully saturated rings. The Balaban J connectivity index is 2.27. The summed E-state index contributed by atoms with van der Waals surface area (Å²) in [5.41, 5.74) is 0.672. The van der Waals surface area contributed by atoms with E-state index in [1.807, 2.05) is 6.92 Å². The van der Waals surface area contributed by atoms with Gasteiger partial charge in [0.2, 0.25) is 0 Å². The topological polar surface area (TPSA) is 74.7 Å². The van der Waals surface area contributed by atoms with Gasteiger partial charge in [-0.3, -0.25) is 9.59 Å². The number of nitrogens with zero attached hydrogens (tertiary/aromatic N) is 1. The lowest BCUT2D eigenvalue weighted by Gasteiger charge is -2.11. The van der Waals surface area contributed by atoms with E-state index in [-0.39, 0.29) is 18.2 Å². The number of fused-ring (bicyclic) bond motifs is 1. The lowest BCUT2D eigenvalue weighted by molar-refractivity contribution is -0.145. The van der Waals surface area contributed by atoms with Crippen LogP contribution in [0.1, 0.15) is 35.9 Å². The number of methoxy groups -OCH3 is 3. The molecule has 0 aliphatic rings. The van der Waals surface area contributed by atoms with E-state index in [0.717, 1.165) is 11.1 Å². The Kier molecular flexibility index (Phi) is 6.14. The lowest BCUT2D eigenvalue weighted by Crippen LogP contribution is -2.19. The van der Waals surface area contributed by atoms with Crippen molar-refractivity contribution in [1.29, 1.82) is 0 Å². The van der Waals surface area contributed by atoms with Crippen molar-refractivity contribution in [2.75, 3.05) is 21.3 Å². The van der Waals surface area contributed by atoms with E-state index in [1.165, 1.54) is 32.7 Å². The highest BCUT2D eigenvalue weighted by atomic mass is 32.1. The molecule has 130 valence electrons. The molecule has 0 aromatic carbocycles. The number of hydrogen-bond donors (Lipinski definition) is 0. The van der Waals surface area contributed by atoms with Gasteiger partial charge < -0.3 is 14.2 Å². The fourth-order valence-electron chi connectivity index (χ4n) is 2.50. The van der Waals surface area contributed by atoms with Crippen molar-refractivity contribution in [3.8, 4) is 11.6 Å². The number of aromatic nitrogens is 1. The molecule has 0 aliphatic heterocycles. The minimum absolute atomic E-state index is 0.0835. The van der Waals surface area contributed by atoms with Gasteiger partial charge in [-0.25, -0.2) is 4.98 Å². The van der Waals surface area contributed by atoms with Crippen LogP contribution in [-0.4, -0.2) is 38.1 Å². The van der Waals surface area contributed by atoms with Crippen molar-refractivity contribution < 1.29 is 23.8 Å². The van der Waals surface area contributed by atoms with Gasteiger partial charge in [-0.05, 0) is 12.5 Å². The van der Waals surface area contributed by atoms with Crippen LogP contribution >= 0.6 is 11.3 Å². The normalized spacial score (nSPS) is 12.0. The van der Waals surface area contributed by atoms with Gasteiger partial charge in [0.15, 0.2) is 11.5 Å². The molecule has 2 aromatic heterocycles. The predicted octanol–water partition coefficient (Wildman–Crippen LogP) is 3.48. The molecular formula is C17H21NO5S. The number of pyridine rings is 1. The zero-order valence-electron chi connectivity index (χ0n) is 14.3. The molecule has 2 rings (SSSR count). The first-order valence-corrected chi connectivity index (χ1v) is 8.49.